The number of nitrogens with zero attached hydrogens (tertiary/aromatic N) is 1. The maximum Gasteiger partial charge on any atom is 0.0699 e. The van der Waals surface area contributed by atoms with E-state index in [9.17, 15) is 5.11 Å². The summed E-state index contributed by atoms with van der Waals surface area (Å²) in [6, 6.07) is 0. The summed E-state index contributed by atoms with van der Waals surface area (Å²) in [4.78, 5) is 1.93. The van der Waals surface area contributed by atoms with Crippen LogP contribution in [-0.2, 0) is 0 Å². The van der Waals surface area contributed by atoms with Crippen LogP contribution < -0.4 is 16.8 Å². The maximum absolute atomic E-state index is 9.31. The zero-order valence-corrected chi connectivity index (χ0v) is 10.3. The largest absolute Gasteiger partial charge is 0.392 e. The number of aliphatic hydroxyl groups is 2. The molecule has 0 saturated heterocycles. The normalized spacial score (nSPS) is 17.4. The van der Waals surface area contributed by atoms with E-state index in [1.54, 1.807) is 13.8 Å². The van der Waals surface area contributed by atoms with Crippen molar-refractivity contribution < 1.29 is 10.2 Å². The number of nitrogens with two attached hydrogens (primary N) is 2. The Hall–Kier alpha value is -0.240. The Morgan fingerprint density at radius 1 is 1.25 bits per heavy atom. The molecule has 0 fully saturated rings. The zero-order chi connectivity index (χ0) is 12.6. The highest BCUT2D eigenvalue weighted by molar-refractivity contribution is 4.70. The van der Waals surface area contributed by atoms with E-state index in [-0.39, 0.29) is 12.3 Å². The molecular weight excluding hydrogens is 208 g/mol. The van der Waals surface area contributed by atoms with Crippen LogP contribution in [0.25, 0.3) is 0 Å². The lowest BCUT2D eigenvalue weighted by Gasteiger charge is -2.29. The number of aliphatic hydroxyl groups excluding tert-OH is 2. The van der Waals surface area contributed by atoms with Crippen molar-refractivity contribution in [1.29, 1.82) is 0 Å². The smallest absolute Gasteiger partial charge is 0.0699 e. The summed E-state index contributed by atoms with van der Waals surface area (Å²) in [5.41, 5.74) is 11.3. The van der Waals surface area contributed by atoms with Crippen molar-refractivity contribution in [3.05, 3.63) is 0 Å². The van der Waals surface area contributed by atoms with Crippen molar-refractivity contribution in [2.45, 2.75) is 32.2 Å². The van der Waals surface area contributed by atoms with E-state index in [2.05, 4.69) is 5.32 Å². The van der Waals surface area contributed by atoms with Gasteiger partial charge in [-0.15, -0.1) is 0 Å². The van der Waals surface area contributed by atoms with Crippen molar-refractivity contribution in [1.82, 2.24) is 10.2 Å². The van der Waals surface area contributed by atoms with E-state index in [0.29, 0.717) is 32.7 Å². The van der Waals surface area contributed by atoms with E-state index in [4.69, 9.17) is 16.6 Å². The quantitative estimate of drug-likeness (QED) is 0.231. The molecule has 3 atom stereocenters. The van der Waals surface area contributed by atoms with Crippen LogP contribution in [0.2, 0.25) is 0 Å². The number of hydrogen-bond acceptors (Lipinski definition) is 6. The molecule has 0 aromatic rings. The highest BCUT2D eigenvalue weighted by Crippen LogP contribution is 1.94. The van der Waals surface area contributed by atoms with Crippen molar-refractivity contribution >= 4 is 0 Å². The summed E-state index contributed by atoms with van der Waals surface area (Å²) < 4.78 is 0. The van der Waals surface area contributed by atoms with Crippen LogP contribution in [0.15, 0.2) is 0 Å². The van der Waals surface area contributed by atoms with Gasteiger partial charge in [-0.1, -0.05) is 0 Å². The average molecular weight is 234 g/mol. The van der Waals surface area contributed by atoms with Gasteiger partial charge in [0.1, 0.15) is 0 Å². The lowest BCUT2D eigenvalue weighted by atomic mass is 10.3. The SMILES string of the molecule is CC(O)CNCCN(CC(C)O)C(N)CN. The molecule has 6 heteroatoms. The topological polar surface area (TPSA) is 108 Å². The fourth-order valence-corrected chi connectivity index (χ4v) is 1.41. The summed E-state index contributed by atoms with van der Waals surface area (Å²) in [6.45, 7) is 6.30. The molecule has 3 unspecified atom stereocenters. The lowest BCUT2D eigenvalue weighted by molar-refractivity contribution is 0.101. The monoisotopic (exact) mass is 234 g/mol. The average Bonchev–Trinajstić information content (AvgIpc) is 2.20. The van der Waals surface area contributed by atoms with Gasteiger partial charge in [0.25, 0.3) is 0 Å². The van der Waals surface area contributed by atoms with Crippen LogP contribution in [-0.4, -0.2) is 66.2 Å². The van der Waals surface area contributed by atoms with Crippen molar-refractivity contribution in [3.8, 4) is 0 Å². The predicted octanol–water partition coefficient (Wildman–Crippen LogP) is -2.12. The van der Waals surface area contributed by atoms with E-state index < -0.39 is 6.10 Å². The molecule has 0 aliphatic rings. The second-order valence-corrected chi connectivity index (χ2v) is 4.20. The van der Waals surface area contributed by atoms with Gasteiger partial charge in [-0.3, -0.25) is 4.90 Å². The highest BCUT2D eigenvalue weighted by atomic mass is 16.3. The zero-order valence-electron chi connectivity index (χ0n) is 10.3. The summed E-state index contributed by atoms with van der Waals surface area (Å²) in [6.07, 6.45) is -1.01. The highest BCUT2D eigenvalue weighted by Gasteiger charge is 2.14. The molecular formula is C10H26N4O2. The Bertz CT molecular complexity index is 167. The van der Waals surface area contributed by atoms with E-state index in [0.717, 1.165) is 0 Å². The molecule has 0 aromatic carbocycles. The van der Waals surface area contributed by atoms with Gasteiger partial charge in [0.05, 0.1) is 18.4 Å². The molecule has 0 amide bonds. The number of hydrogen-bond donors (Lipinski definition) is 5. The maximum atomic E-state index is 9.31. The third kappa shape index (κ3) is 7.98. The van der Waals surface area contributed by atoms with Gasteiger partial charge in [0.15, 0.2) is 0 Å². The van der Waals surface area contributed by atoms with Gasteiger partial charge in [0, 0.05) is 32.7 Å². The van der Waals surface area contributed by atoms with Gasteiger partial charge in [-0.2, -0.15) is 0 Å². The van der Waals surface area contributed by atoms with Crippen LogP contribution in [0.3, 0.4) is 0 Å². The van der Waals surface area contributed by atoms with Crippen LogP contribution in [0.5, 0.6) is 0 Å². The lowest BCUT2D eigenvalue weighted by Crippen LogP contribution is -2.51. The fraction of sp³-hybridized carbons (Fsp3) is 1.00. The molecule has 0 saturated carbocycles. The summed E-state index contributed by atoms with van der Waals surface area (Å²) >= 11 is 0. The van der Waals surface area contributed by atoms with E-state index in [1.165, 1.54) is 0 Å². The second-order valence-electron chi connectivity index (χ2n) is 4.20. The molecule has 0 aliphatic carbocycles. The molecule has 0 heterocycles. The molecule has 0 aromatic heterocycles. The Labute approximate surface area is 97.6 Å². The molecule has 0 aliphatic heterocycles. The summed E-state index contributed by atoms with van der Waals surface area (Å²) in [7, 11) is 0. The second kappa shape index (κ2) is 8.86. The first-order chi connectivity index (χ1) is 7.47. The molecule has 6 nitrogen and oxygen atoms in total. The third-order valence-electron chi connectivity index (χ3n) is 2.22. The Kier molecular flexibility index (Phi) is 8.73. The Balaban J connectivity index is 3.83. The number of nitrogens with one attached hydrogen (secondary N) is 1. The minimum atomic E-state index is -0.422. The van der Waals surface area contributed by atoms with Gasteiger partial charge >= 0.3 is 0 Å². The van der Waals surface area contributed by atoms with Gasteiger partial charge in [-0.25, -0.2) is 0 Å². The minimum Gasteiger partial charge on any atom is -0.392 e. The number of rotatable bonds is 9. The first kappa shape index (κ1) is 15.8. The molecule has 0 rings (SSSR count). The van der Waals surface area contributed by atoms with E-state index >= 15 is 0 Å². The Morgan fingerprint density at radius 3 is 2.31 bits per heavy atom. The Morgan fingerprint density at radius 2 is 1.88 bits per heavy atom. The van der Waals surface area contributed by atoms with Crippen LogP contribution in [0, 0.1) is 0 Å². The van der Waals surface area contributed by atoms with E-state index in [1.807, 2.05) is 4.90 Å². The molecule has 0 bridgehead atoms. The van der Waals surface area contributed by atoms with Crippen LogP contribution in [0.1, 0.15) is 13.8 Å². The first-order valence-corrected chi connectivity index (χ1v) is 5.74. The molecule has 0 spiro atoms. The first-order valence-electron chi connectivity index (χ1n) is 5.74. The van der Waals surface area contributed by atoms with Crippen molar-refractivity contribution in [2.75, 3.05) is 32.7 Å². The van der Waals surface area contributed by atoms with Crippen molar-refractivity contribution in [3.63, 3.8) is 0 Å². The standard InChI is InChI=1S/C10H26N4O2/c1-8(15)6-13-3-4-14(7-9(2)16)10(12)5-11/h8-10,13,15-16H,3-7,11-12H2,1-2H3. The van der Waals surface area contributed by atoms with Crippen LogP contribution in [0.4, 0.5) is 0 Å². The molecule has 0 radical (unpaired) electrons. The fourth-order valence-electron chi connectivity index (χ4n) is 1.41. The molecule has 7 N–H and O–H groups in total. The van der Waals surface area contributed by atoms with Gasteiger partial charge < -0.3 is 27.0 Å². The summed E-state index contributed by atoms with van der Waals surface area (Å²) in [5, 5.41) is 21.5. The van der Waals surface area contributed by atoms with Crippen molar-refractivity contribution in [2.24, 2.45) is 11.5 Å². The van der Waals surface area contributed by atoms with Gasteiger partial charge in [0.2, 0.25) is 0 Å². The summed E-state index contributed by atoms with van der Waals surface area (Å²) in [5.74, 6) is 0. The predicted molar refractivity (Wildman–Crippen MR) is 64.8 cm³/mol. The third-order valence-corrected chi connectivity index (χ3v) is 2.22. The van der Waals surface area contributed by atoms with Crippen LogP contribution >= 0.6 is 0 Å². The van der Waals surface area contributed by atoms with Gasteiger partial charge in [-0.05, 0) is 13.8 Å². The molecule has 98 valence electrons. The molecule has 16 heavy (non-hydrogen) atoms. The minimum absolute atomic E-state index is 0.233.